The fourth-order valence-corrected chi connectivity index (χ4v) is 2.74. The molecule has 1 aromatic carbocycles. The maximum atomic E-state index is 3.49. The molecule has 0 unspecified atom stereocenters. The van der Waals surface area contributed by atoms with Gasteiger partial charge in [0.25, 0.3) is 0 Å². The van der Waals surface area contributed by atoms with Crippen LogP contribution in [0.25, 0.3) is 0 Å². The number of nitrogens with zero attached hydrogens (tertiary/aromatic N) is 1. The van der Waals surface area contributed by atoms with Gasteiger partial charge in [-0.1, -0.05) is 18.2 Å². The van der Waals surface area contributed by atoms with E-state index in [-0.39, 0.29) is 0 Å². The molecule has 2 heterocycles. The molecule has 0 saturated heterocycles. The van der Waals surface area contributed by atoms with Crippen molar-refractivity contribution in [2.45, 2.75) is 19.0 Å². The maximum absolute atomic E-state index is 3.49. The molecule has 3 rings (SSSR count). The Bertz CT molecular complexity index is 345. The van der Waals surface area contributed by atoms with Crippen LogP contribution in [0.3, 0.4) is 0 Å². The van der Waals surface area contributed by atoms with E-state index in [1.165, 1.54) is 18.5 Å². The molecule has 14 heavy (non-hydrogen) atoms. The molecule has 1 atom stereocenters. The summed E-state index contributed by atoms with van der Waals surface area (Å²) in [6.07, 6.45) is 1.22. The first-order chi connectivity index (χ1) is 6.86. The molecule has 2 heteroatoms. The van der Waals surface area contributed by atoms with Crippen LogP contribution in [-0.2, 0) is 13.0 Å². The van der Waals surface area contributed by atoms with Crippen LogP contribution in [0.2, 0.25) is 0 Å². The van der Waals surface area contributed by atoms with Crippen LogP contribution in [0.1, 0.15) is 22.7 Å². The van der Waals surface area contributed by atoms with E-state index in [2.05, 4.69) is 35.5 Å². The Kier molecular flexibility index (Phi) is 1.85. The molecular formula is C12H16N2. The van der Waals surface area contributed by atoms with Gasteiger partial charge in [-0.3, -0.25) is 4.90 Å². The Labute approximate surface area is 84.9 Å². The average Bonchev–Trinajstić information content (AvgIpc) is 2.24. The summed E-state index contributed by atoms with van der Waals surface area (Å²) in [7, 11) is 2.23. The Balaban J connectivity index is 2.17. The molecule has 0 amide bonds. The lowest BCUT2D eigenvalue weighted by Gasteiger charge is -2.39. The molecule has 0 aliphatic carbocycles. The molecule has 2 aliphatic rings. The van der Waals surface area contributed by atoms with E-state index >= 15 is 0 Å². The SMILES string of the molecule is CN1CCc2cccc3c2[C@@H]1CNC3. The number of likely N-dealkylation sites (N-methyl/N-ethyl adjacent to an activating group) is 1. The van der Waals surface area contributed by atoms with E-state index in [1.54, 1.807) is 11.1 Å². The van der Waals surface area contributed by atoms with Gasteiger partial charge in [0.2, 0.25) is 0 Å². The summed E-state index contributed by atoms with van der Waals surface area (Å²) in [6.45, 7) is 3.36. The van der Waals surface area contributed by atoms with Gasteiger partial charge in [-0.2, -0.15) is 0 Å². The van der Waals surface area contributed by atoms with Crippen LogP contribution in [0, 0.1) is 0 Å². The van der Waals surface area contributed by atoms with Crippen LogP contribution in [0.15, 0.2) is 18.2 Å². The first-order valence-electron chi connectivity index (χ1n) is 5.38. The van der Waals surface area contributed by atoms with E-state index in [1.807, 2.05) is 0 Å². The highest BCUT2D eigenvalue weighted by Gasteiger charge is 2.28. The van der Waals surface area contributed by atoms with Gasteiger partial charge in [-0.05, 0) is 30.2 Å². The summed E-state index contributed by atoms with van der Waals surface area (Å²) in [5.41, 5.74) is 4.69. The van der Waals surface area contributed by atoms with Gasteiger partial charge in [-0.25, -0.2) is 0 Å². The lowest BCUT2D eigenvalue weighted by atomic mass is 9.87. The van der Waals surface area contributed by atoms with Crippen molar-refractivity contribution in [3.8, 4) is 0 Å². The van der Waals surface area contributed by atoms with E-state index in [0.717, 1.165) is 13.1 Å². The summed E-state index contributed by atoms with van der Waals surface area (Å²) >= 11 is 0. The summed E-state index contributed by atoms with van der Waals surface area (Å²) in [5.74, 6) is 0. The summed E-state index contributed by atoms with van der Waals surface area (Å²) < 4.78 is 0. The molecule has 2 nitrogen and oxygen atoms in total. The average molecular weight is 188 g/mol. The molecule has 0 bridgehead atoms. The van der Waals surface area contributed by atoms with Crippen LogP contribution >= 0.6 is 0 Å². The normalized spacial score (nSPS) is 25.9. The second kappa shape index (κ2) is 3.07. The largest absolute Gasteiger partial charge is 0.311 e. The van der Waals surface area contributed by atoms with Gasteiger partial charge in [0.1, 0.15) is 0 Å². The molecule has 0 saturated carbocycles. The third-order valence-corrected chi connectivity index (χ3v) is 3.54. The van der Waals surface area contributed by atoms with Crippen molar-refractivity contribution < 1.29 is 0 Å². The number of hydrogen-bond donors (Lipinski definition) is 1. The lowest BCUT2D eigenvalue weighted by molar-refractivity contribution is 0.214. The zero-order valence-electron chi connectivity index (χ0n) is 8.59. The number of nitrogens with one attached hydrogen (secondary N) is 1. The van der Waals surface area contributed by atoms with Crippen LogP contribution in [-0.4, -0.2) is 25.0 Å². The Hall–Kier alpha value is -0.860. The molecule has 0 fully saturated rings. The van der Waals surface area contributed by atoms with E-state index in [9.17, 15) is 0 Å². The third-order valence-electron chi connectivity index (χ3n) is 3.54. The molecule has 1 N–H and O–H groups in total. The minimum absolute atomic E-state index is 0.615. The van der Waals surface area contributed by atoms with Gasteiger partial charge in [-0.15, -0.1) is 0 Å². The van der Waals surface area contributed by atoms with Crippen molar-refractivity contribution in [2.24, 2.45) is 0 Å². The summed E-state index contributed by atoms with van der Waals surface area (Å²) in [5, 5.41) is 3.49. The zero-order chi connectivity index (χ0) is 9.54. The molecule has 2 aliphatic heterocycles. The van der Waals surface area contributed by atoms with Crippen LogP contribution in [0.5, 0.6) is 0 Å². The second-order valence-electron chi connectivity index (χ2n) is 4.37. The fraction of sp³-hybridized carbons (Fsp3) is 0.500. The van der Waals surface area contributed by atoms with Crippen molar-refractivity contribution in [2.75, 3.05) is 20.1 Å². The Morgan fingerprint density at radius 3 is 3.14 bits per heavy atom. The maximum Gasteiger partial charge on any atom is 0.0475 e. The van der Waals surface area contributed by atoms with Crippen molar-refractivity contribution >= 4 is 0 Å². The van der Waals surface area contributed by atoms with Crippen molar-refractivity contribution in [3.63, 3.8) is 0 Å². The standard InChI is InChI=1S/C12H16N2/c1-14-6-5-9-3-2-4-10-7-13-8-11(14)12(9)10/h2-4,11,13H,5-8H2,1H3/t11-/m0/s1. The lowest BCUT2D eigenvalue weighted by Crippen LogP contribution is -2.42. The molecule has 0 aromatic heterocycles. The van der Waals surface area contributed by atoms with Crippen molar-refractivity contribution in [1.82, 2.24) is 10.2 Å². The van der Waals surface area contributed by atoms with Gasteiger partial charge in [0.05, 0.1) is 0 Å². The first-order valence-corrected chi connectivity index (χ1v) is 5.38. The summed E-state index contributed by atoms with van der Waals surface area (Å²) in [4.78, 5) is 2.47. The number of benzene rings is 1. The fourth-order valence-electron chi connectivity index (χ4n) is 2.74. The molecular weight excluding hydrogens is 172 g/mol. The van der Waals surface area contributed by atoms with E-state index in [4.69, 9.17) is 0 Å². The number of rotatable bonds is 0. The Morgan fingerprint density at radius 1 is 1.36 bits per heavy atom. The monoisotopic (exact) mass is 188 g/mol. The van der Waals surface area contributed by atoms with Crippen molar-refractivity contribution in [1.29, 1.82) is 0 Å². The number of hydrogen-bond acceptors (Lipinski definition) is 2. The van der Waals surface area contributed by atoms with Crippen molar-refractivity contribution in [3.05, 3.63) is 34.9 Å². The summed E-state index contributed by atoms with van der Waals surface area (Å²) in [6, 6.07) is 7.37. The topological polar surface area (TPSA) is 15.3 Å². The Morgan fingerprint density at radius 2 is 2.21 bits per heavy atom. The van der Waals surface area contributed by atoms with E-state index < -0.39 is 0 Å². The zero-order valence-corrected chi connectivity index (χ0v) is 8.59. The molecule has 0 spiro atoms. The smallest absolute Gasteiger partial charge is 0.0475 e. The third kappa shape index (κ3) is 1.11. The van der Waals surface area contributed by atoms with Gasteiger partial charge in [0, 0.05) is 25.7 Å². The highest BCUT2D eigenvalue weighted by Crippen LogP contribution is 2.33. The molecule has 74 valence electrons. The molecule has 1 aromatic rings. The quantitative estimate of drug-likeness (QED) is 0.660. The highest BCUT2D eigenvalue weighted by molar-refractivity contribution is 5.41. The molecule has 0 radical (unpaired) electrons. The van der Waals surface area contributed by atoms with Gasteiger partial charge in [0.15, 0.2) is 0 Å². The van der Waals surface area contributed by atoms with E-state index in [0.29, 0.717) is 6.04 Å². The first kappa shape index (κ1) is 8.45. The highest BCUT2D eigenvalue weighted by atomic mass is 15.2. The van der Waals surface area contributed by atoms with Gasteiger partial charge < -0.3 is 5.32 Å². The van der Waals surface area contributed by atoms with Crippen LogP contribution in [0.4, 0.5) is 0 Å². The predicted molar refractivity (Wildman–Crippen MR) is 57.2 cm³/mol. The van der Waals surface area contributed by atoms with Gasteiger partial charge >= 0.3 is 0 Å². The minimum Gasteiger partial charge on any atom is -0.311 e. The minimum atomic E-state index is 0.615. The predicted octanol–water partition coefficient (Wildman–Crippen LogP) is 1.32. The van der Waals surface area contributed by atoms with Crippen LogP contribution < -0.4 is 5.32 Å². The second-order valence-corrected chi connectivity index (χ2v) is 4.37.